The van der Waals surface area contributed by atoms with Crippen LogP contribution in [0.1, 0.15) is 11.4 Å². The predicted molar refractivity (Wildman–Crippen MR) is 92.8 cm³/mol. The SMILES string of the molecule is COc1ccc(Sc2ccnc(Cc3ccc(N)cc3)n2)cc1. The van der Waals surface area contributed by atoms with Crippen LogP contribution in [0.5, 0.6) is 5.75 Å². The number of benzene rings is 2. The number of nitrogen functional groups attached to an aromatic ring is 1. The number of rotatable bonds is 5. The first-order valence-corrected chi connectivity index (χ1v) is 8.03. The first-order chi connectivity index (χ1) is 11.2. The molecule has 3 rings (SSSR count). The molecule has 23 heavy (non-hydrogen) atoms. The minimum Gasteiger partial charge on any atom is -0.497 e. The molecular formula is C18H17N3OS. The summed E-state index contributed by atoms with van der Waals surface area (Å²) in [5.74, 6) is 1.65. The molecule has 2 aromatic carbocycles. The Bertz CT molecular complexity index is 773. The van der Waals surface area contributed by atoms with Crippen LogP contribution in [0.15, 0.2) is 70.7 Å². The molecule has 0 radical (unpaired) electrons. The van der Waals surface area contributed by atoms with E-state index in [1.807, 2.05) is 54.6 Å². The lowest BCUT2D eigenvalue weighted by Crippen LogP contribution is -1.97. The highest BCUT2D eigenvalue weighted by Crippen LogP contribution is 2.27. The van der Waals surface area contributed by atoms with Crippen molar-refractivity contribution >= 4 is 17.4 Å². The molecule has 0 saturated heterocycles. The van der Waals surface area contributed by atoms with E-state index >= 15 is 0 Å². The molecule has 4 nitrogen and oxygen atoms in total. The van der Waals surface area contributed by atoms with Gasteiger partial charge in [-0.25, -0.2) is 9.97 Å². The van der Waals surface area contributed by atoms with Crippen molar-refractivity contribution in [3.05, 3.63) is 72.2 Å². The first kappa shape index (κ1) is 15.4. The van der Waals surface area contributed by atoms with E-state index in [0.29, 0.717) is 6.42 Å². The Labute approximate surface area is 139 Å². The van der Waals surface area contributed by atoms with Crippen LogP contribution in [0.2, 0.25) is 0 Å². The zero-order chi connectivity index (χ0) is 16.1. The lowest BCUT2D eigenvalue weighted by atomic mass is 10.1. The van der Waals surface area contributed by atoms with Gasteiger partial charge in [-0.3, -0.25) is 0 Å². The minimum absolute atomic E-state index is 0.692. The number of nitrogens with two attached hydrogens (primary N) is 1. The van der Waals surface area contributed by atoms with Crippen LogP contribution in [0.4, 0.5) is 5.69 Å². The topological polar surface area (TPSA) is 61.0 Å². The maximum atomic E-state index is 5.71. The molecule has 0 atom stereocenters. The van der Waals surface area contributed by atoms with Gasteiger partial charge in [0.25, 0.3) is 0 Å². The number of aromatic nitrogens is 2. The van der Waals surface area contributed by atoms with Crippen LogP contribution in [-0.4, -0.2) is 17.1 Å². The number of methoxy groups -OCH3 is 1. The van der Waals surface area contributed by atoms with Gasteiger partial charge < -0.3 is 10.5 Å². The Morgan fingerprint density at radius 3 is 2.43 bits per heavy atom. The Kier molecular flexibility index (Phi) is 4.78. The molecule has 3 aromatic rings. The maximum absolute atomic E-state index is 5.71. The standard InChI is InChI=1S/C18H17N3OS/c1-22-15-6-8-16(9-7-15)23-18-10-11-20-17(21-18)12-13-2-4-14(19)5-3-13/h2-11H,12,19H2,1H3. The highest BCUT2D eigenvalue weighted by Gasteiger charge is 2.04. The van der Waals surface area contributed by atoms with E-state index in [-0.39, 0.29) is 0 Å². The molecule has 0 fully saturated rings. The molecule has 0 bridgehead atoms. The van der Waals surface area contributed by atoms with Crippen molar-refractivity contribution in [2.24, 2.45) is 0 Å². The molecule has 0 aliphatic carbocycles. The molecule has 0 amide bonds. The fourth-order valence-electron chi connectivity index (χ4n) is 2.10. The molecule has 0 aliphatic rings. The number of hydrogen-bond donors (Lipinski definition) is 1. The third-order valence-electron chi connectivity index (χ3n) is 3.30. The summed E-state index contributed by atoms with van der Waals surface area (Å²) in [4.78, 5) is 10.1. The quantitative estimate of drug-likeness (QED) is 0.571. The zero-order valence-corrected chi connectivity index (χ0v) is 13.6. The van der Waals surface area contributed by atoms with E-state index in [1.165, 1.54) is 0 Å². The lowest BCUT2D eigenvalue weighted by molar-refractivity contribution is 0.414. The van der Waals surface area contributed by atoms with Gasteiger partial charge in [0.05, 0.1) is 7.11 Å². The average molecular weight is 323 g/mol. The second-order valence-corrected chi connectivity index (χ2v) is 6.10. The molecule has 0 spiro atoms. The lowest BCUT2D eigenvalue weighted by Gasteiger charge is -2.05. The third-order valence-corrected chi connectivity index (χ3v) is 4.25. The van der Waals surface area contributed by atoms with Gasteiger partial charge in [0.2, 0.25) is 0 Å². The molecule has 0 aliphatic heterocycles. The second kappa shape index (κ2) is 7.15. The monoisotopic (exact) mass is 323 g/mol. The van der Waals surface area contributed by atoms with E-state index in [1.54, 1.807) is 25.1 Å². The molecule has 1 aromatic heterocycles. The summed E-state index contributed by atoms with van der Waals surface area (Å²) in [5.41, 5.74) is 7.61. The van der Waals surface area contributed by atoms with Crippen LogP contribution in [0, 0.1) is 0 Å². The highest BCUT2D eigenvalue weighted by atomic mass is 32.2. The van der Waals surface area contributed by atoms with Crippen molar-refractivity contribution in [3.8, 4) is 5.75 Å². The number of hydrogen-bond acceptors (Lipinski definition) is 5. The van der Waals surface area contributed by atoms with Crippen molar-refractivity contribution in [3.63, 3.8) is 0 Å². The van der Waals surface area contributed by atoms with Gasteiger partial charge in [0, 0.05) is 23.2 Å². The van der Waals surface area contributed by atoms with Crippen molar-refractivity contribution in [1.29, 1.82) is 0 Å². The van der Waals surface area contributed by atoms with Crippen LogP contribution in [0.3, 0.4) is 0 Å². The van der Waals surface area contributed by atoms with Crippen LogP contribution in [-0.2, 0) is 6.42 Å². The third kappa shape index (κ3) is 4.23. The van der Waals surface area contributed by atoms with Crippen molar-refractivity contribution in [2.75, 3.05) is 12.8 Å². The number of nitrogens with zero attached hydrogens (tertiary/aromatic N) is 2. The highest BCUT2D eigenvalue weighted by molar-refractivity contribution is 7.99. The molecule has 2 N–H and O–H groups in total. The van der Waals surface area contributed by atoms with E-state index in [2.05, 4.69) is 9.97 Å². The van der Waals surface area contributed by atoms with Crippen molar-refractivity contribution < 1.29 is 4.74 Å². The number of anilines is 1. The molecular weight excluding hydrogens is 306 g/mol. The molecule has 0 saturated carbocycles. The van der Waals surface area contributed by atoms with Gasteiger partial charge in [0.15, 0.2) is 0 Å². The minimum atomic E-state index is 0.692. The first-order valence-electron chi connectivity index (χ1n) is 7.21. The molecule has 0 unspecified atom stereocenters. The Balaban J connectivity index is 1.72. The summed E-state index contributed by atoms with van der Waals surface area (Å²) < 4.78 is 5.17. The largest absolute Gasteiger partial charge is 0.497 e. The fourth-order valence-corrected chi connectivity index (χ4v) is 2.90. The van der Waals surface area contributed by atoms with Crippen molar-refractivity contribution in [2.45, 2.75) is 16.3 Å². The van der Waals surface area contributed by atoms with E-state index in [9.17, 15) is 0 Å². The van der Waals surface area contributed by atoms with Gasteiger partial charge in [-0.1, -0.05) is 23.9 Å². The Morgan fingerprint density at radius 1 is 1.00 bits per heavy atom. The molecule has 1 heterocycles. The van der Waals surface area contributed by atoms with Gasteiger partial charge >= 0.3 is 0 Å². The summed E-state index contributed by atoms with van der Waals surface area (Å²) in [6.07, 6.45) is 2.49. The average Bonchev–Trinajstić information content (AvgIpc) is 2.58. The Morgan fingerprint density at radius 2 is 1.74 bits per heavy atom. The summed E-state index contributed by atoms with van der Waals surface area (Å²) in [5, 5.41) is 0.926. The molecule has 5 heteroatoms. The van der Waals surface area contributed by atoms with Crippen molar-refractivity contribution in [1.82, 2.24) is 9.97 Å². The molecule has 116 valence electrons. The van der Waals surface area contributed by atoms with Crippen LogP contribution in [0.25, 0.3) is 0 Å². The Hall–Kier alpha value is -2.53. The van der Waals surface area contributed by atoms with E-state index in [4.69, 9.17) is 10.5 Å². The summed E-state index contributed by atoms with van der Waals surface area (Å²) in [7, 11) is 1.66. The summed E-state index contributed by atoms with van der Waals surface area (Å²) in [6, 6.07) is 17.6. The van der Waals surface area contributed by atoms with Gasteiger partial charge in [-0.05, 0) is 48.0 Å². The number of ether oxygens (including phenoxy) is 1. The maximum Gasteiger partial charge on any atom is 0.133 e. The fraction of sp³-hybridized carbons (Fsp3) is 0.111. The van der Waals surface area contributed by atoms with E-state index < -0.39 is 0 Å². The normalized spacial score (nSPS) is 10.5. The second-order valence-electron chi connectivity index (χ2n) is 5.01. The van der Waals surface area contributed by atoms with Gasteiger partial charge in [-0.2, -0.15) is 0 Å². The predicted octanol–water partition coefficient (Wildman–Crippen LogP) is 3.81. The van der Waals surface area contributed by atoms with Crippen LogP contribution >= 0.6 is 11.8 Å². The van der Waals surface area contributed by atoms with E-state index in [0.717, 1.165) is 32.7 Å². The summed E-state index contributed by atoms with van der Waals surface area (Å²) in [6.45, 7) is 0. The van der Waals surface area contributed by atoms with Gasteiger partial charge in [0.1, 0.15) is 16.6 Å². The smallest absolute Gasteiger partial charge is 0.133 e. The van der Waals surface area contributed by atoms with Gasteiger partial charge in [-0.15, -0.1) is 0 Å². The zero-order valence-electron chi connectivity index (χ0n) is 12.8. The van der Waals surface area contributed by atoms with Crippen LogP contribution < -0.4 is 10.5 Å². The summed E-state index contributed by atoms with van der Waals surface area (Å²) >= 11 is 1.61.